The van der Waals surface area contributed by atoms with E-state index in [0.717, 1.165) is 5.56 Å². The molecule has 0 unspecified atom stereocenters. The highest BCUT2D eigenvalue weighted by Crippen LogP contribution is 2.35. The van der Waals surface area contributed by atoms with Gasteiger partial charge >= 0.3 is 0 Å². The normalized spacial score (nSPS) is 12.0. The fourth-order valence-electron chi connectivity index (χ4n) is 2.11. The van der Waals surface area contributed by atoms with Gasteiger partial charge in [-0.1, -0.05) is 12.1 Å². The third-order valence-corrected chi connectivity index (χ3v) is 4.27. The first-order valence-electron chi connectivity index (χ1n) is 5.43. The van der Waals surface area contributed by atoms with E-state index >= 15 is 0 Å². The summed E-state index contributed by atoms with van der Waals surface area (Å²) in [5.74, 6) is 0.0508. The zero-order chi connectivity index (χ0) is 13.7. The highest BCUT2D eigenvalue weighted by Gasteiger charge is 2.19. The first-order chi connectivity index (χ1) is 8.23. The van der Waals surface area contributed by atoms with E-state index in [1.165, 1.54) is 0 Å². The molecule has 2 aromatic rings. The molecule has 0 saturated carbocycles. The average Bonchev–Trinajstić information content (AvgIpc) is 2.24. The third kappa shape index (κ3) is 1.85. The van der Waals surface area contributed by atoms with E-state index in [1.807, 2.05) is 0 Å². The van der Waals surface area contributed by atoms with E-state index in [-0.39, 0.29) is 10.6 Å². The van der Waals surface area contributed by atoms with Gasteiger partial charge < -0.3 is 5.11 Å². The molecule has 18 heavy (non-hydrogen) atoms. The summed E-state index contributed by atoms with van der Waals surface area (Å²) in [6, 6.07) is 4.89. The molecule has 5 heteroatoms. The minimum Gasteiger partial charge on any atom is -0.507 e. The molecule has 2 N–H and O–H groups in total. The lowest BCUT2D eigenvalue weighted by Gasteiger charge is -2.12. The number of aryl methyl sites for hydroxylation is 2. The van der Waals surface area contributed by atoms with Crippen LogP contribution in [0.4, 0.5) is 0 Å². The van der Waals surface area contributed by atoms with Crippen LogP contribution in [0.25, 0.3) is 10.8 Å². The maximum atomic E-state index is 11.4. The van der Waals surface area contributed by atoms with Crippen molar-refractivity contribution in [2.24, 2.45) is 0 Å². The van der Waals surface area contributed by atoms with Gasteiger partial charge in [0.1, 0.15) is 10.6 Å². The van der Waals surface area contributed by atoms with Gasteiger partial charge in [0, 0.05) is 10.8 Å². The predicted molar refractivity (Wildman–Crippen MR) is 69.6 cm³/mol. The predicted octanol–water partition coefficient (Wildman–Crippen LogP) is 2.72. The van der Waals surface area contributed by atoms with Crippen molar-refractivity contribution in [2.75, 3.05) is 0 Å². The second-order valence-electron chi connectivity index (χ2n) is 4.45. The quantitative estimate of drug-likeness (QED) is 0.778. The van der Waals surface area contributed by atoms with E-state index in [2.05, 4.69) is 0 Å². The van der Waals surface area contributed by atoms with Crippen molar-refractivity contribution in [3.8, 4) is 5.75 Å². The third-order valence-electron chi connectivity index (χ3n) is 3.21. The number of phenolic OH excluding ortho intramolecular Hbond substituents is 1. The fraction of sp³-hybridized carbons (Fsp3) is 0.231. The molecule has 0 aliphatic heterocycles. The zero-order valence-electron chi connectivity index (χ0n) is 10.4. The standard InChI is InChI=1S/C13H14O4S/c1-7-4-5-10-11(13(7)18(15,16)17)6-8(2)9(3)12(10)14/h4-6,14H,1-3H3,(H,15,16,17). The van der Waals surface area contributed by atoms with E-state index in [9.17, 15) is 18.1 Å². The Kier molecular flexibility index (Phi) is 2.83. The number of hydrogen-bond donors (Lipinski definition) is 2. The molecule has 96 valence electrons. The van der Waals surface area contributed by atoms with Crippen molar-refractivity contribution in [1.82, 2.24) is 0 Å². The Morgan fingerprint density at radius 3 is 2.17 bits per heavy atom. The van der Waals surface area contributed by atoms with Crippen molar-refractivity contribution < 1.29 is 18.1 Å². The summed E-state index contributed by atoms with van der Waals surface area (Å²) in [6.45, 7) is 5.15. The Morgan fingerprint density at radius 2 is 1.61 bits per heavy atom. The number of phenols is 1. The highest BCUT2D eigenvalue weighted by atomic mass is 32.2. The molecule has 0 aliphatic carbocycles. The van der Waals surface area contributed by atoms with Crippen molar-refractivity contribution in [1.29, 1.82) is 0 Å². The maximum Gasteiger partial charge on any atom is 0.295 e. The minimum atomic E-state index is -4.32. The van der Waals surface area contributed by atoms with Crippen LogP contribution in [0.5, 0.6) is 5.75 Å². The Hall–Kier alpha value is -1.59. The van der Waals surface area contributed by atoms with Gasteiger partial charge in [-0.15, -0.1) is 0 Å². The summed E-state index contributed by atoms with van der Waals surface area (Å²) >= 11 is 0. The van der Waals surface area contributed by atoms with Crippen LogP contribution in [0.1, 0.15) is 16.7 Å². The first-order valence-corrected chi connectivity index (χ1v) is 6.87. The lowest BCUT2D eigenvalue weighted by atomic mass is 9.99. The van der Waals surface area contributed by atoms with Gasteiger partial charge in [-0.3, -0.25) is 4.55 Å². The van der Waals surface area contributed by atoms with Gasteiger partial charge in [0.25, 0.3) is 10.1 Å². The van der Waals surface area contributed by atoms with Crippen LogP contribution in [0.2, 0.25) is 0 Å². The van der Waals surface area contributed by atoms with Gasteiger partial charge in [-0.25, -0.2) is 0 Å². The monoisotopic (exact) mass is 266 g/mol. The van der Waals surface area contributed by atoms with Crippen molar-refractivity contribution in [3.63, 3.8) is 0 Å². The summed E-state index contributed by atoms with van der Waals surface area (Å²) in [4.78, 5) is -0.140. The maximum absolute atomic E-state index is 11.4. The lowest BCUT2D eigenvalue weighted by molar-refractivity contribution is 0.476. The number of hydrogen-bond acceptors (Lipinski definition) is 3. The molecule has 0 fully saturated rings. The van der Waals surface area contributed by atoms with Crippen LogP contribution in [0.3, 0.4) is 0 Å². The number of aromatic hydroxyl groups is 1. The number of rotatable bonds is 1. The molecule has 4 nitrogen and oxygen atoms in total. The molecular formula is C13H14O4S. The van der Waals surface area contributed by atoms with E-state index in [1.54, 1.807) is 39.0 Å². The van der Waals surface area contributed by atoms with Crippen LogP contribution < -0.4 is 0 Å². The number of benzene rings is 2. The summed E-state index contributed by atoms with van der Waals surface area (Å²) in [6.07, 6.45) is 0. The molecule has 2 rings (SSSR count). The average molecular weight is 266 g/mol. The van der Waals surface area contributed by atoms with E-state index < -0.39 is 10.1 Å². The van der Waals surface area contributed by atoms with Crippen molar-refractivity contribution in [3.05, 3.63) is 34.9 Å². The van der Waals surface area contributed by atoms with Crippen molar-refractivity contribution in [2.45, 2.75) is 25.7 Å². The Bertz CT molecular complexity index is 745. The van der Waals surface area contributed by atoms with Crippen molar-refractivity contribution >= 4 is 20.9 Å². The van der Waals surface area contributed by atoms with Gasteiger partial charge in [0.2, 0.25) is 0 Å². The summed E-state index contributed by atoms with van der Waals surface area (Å²) in [5, 5.41) is 10.8. The van der Waals surface area contributed by atoms with Crippen LogP contribution in [-0.4, -0.2) is 18.1 Å². The number of fused-ring (bicyclic) bond motifs is 1. The summed E-state index contributed by atoms with van der Waals surface area (Å²) in [5.41, 5.74) is 1.93. The van der Waals surface area contributed by atoms with E-state index in [0.29, 0.717) is 21.9 Å². The first kappa shape index (κ1) is 12.9. The molecule has 2 aromatic carbocycles. The molecule has 0 radical (unpaired) electrons. The molecule has 0 atom stereocenters. The lowest BCUT2D eigenvalue weighted by Crippen LogP contribution is -2.02. The SMILES string of the molecule is Cc1cc2c(S(=O)(=O)O)c(C)ccc2c(O)c1C. The van der Waals surface area contributed by atoms with Gasteiger partial charge in [0.15, 0.2) is 0 Å². The minimum absolute atomic E-state index is 0.0508. The topological polar surface area (TPSA) is 74.6 Å². The summed E-state index contributed by atoms with van der Waals surface area (Å²) < 4.78 is 32.2. The second kappa shape index (κ2) is 3.96. The smallest absolute Gasteiger partial charge is 0.295 e. The molecule has 0 bridgehead atoms. The van der Waals surface area contributed by atoms with E-state index in [4.69, 9.17) is 0 Å². The Labute approximate surface area is 106 Å². The highest BCUT2D eigenvalue weighted by molar-refractivity contribution is 7.86. The summed E-state index contributed by atoms with van der Waals surface area (Å²) in [7, 11) is -4.32. The molecular weight excluding hydrogens is 252 g/mol. The molecule has 0 amide bonds. The van der Waals surface area contributed by atoms with Crippen LogP contribution >= 0.6 is 0 Å². The van der Waals surface area contributed by atoms with Crippen LogP contribution in [0.15, 0.2) is 23.1 Å². The zero-order valence-corrected chi connectivity index (χ0v) is 11.2. The second-order valence-corrected chi connectivity index (χ2v) is 5.81. The molecule has 0 heterocycles. The van der Waals surface area contributed by atoms with Crippen LogP contribution in [0, 0.1) is 20.8 Å². The van der Waals surface area contributed by atoms with Gasteiger partial charge in [0.05, 0.1) is 0 Å². The molecule has 0 aliphatic rings. The van der Waals surface area contributed by atoms with Gasteiger partial charge in [-0.2, -0.15) is 8.42 Å². The Morgan fingerprint density at radius 1 is 1.00 bits per heavy atom. The van der Waals surface area contributed by atoms with Crippen LogP contribution in [-0.2, 0) is 10.1 Å². The molecule has 0 aromatic heterocycles. The molecule has 0 saturated heterocycles. The Balaban J connectivity index is 3.09. The largest absolute Gasteiger partial charge is 0.507 e. The fourth-order valence-corrected chi connectivity index (χ4v) is 3.04. The van der Waals surface area contributed by atoms with Gasteiger partial charge in [-0.05, 0) is 43.5 Å². The molecule has 0 spiro atoms.